The largest absolute Gasteiger partial charge is 0.476 e. The van der Waals surface area contributed by atoms with E-state index in [0.29, 0.717) is 6.42 Å². The van der Waals surface area contributed by atoms with Crippen molar-refractivity contribution in [3.63, 3.8) is 0 Å². The van der Waals surface area contributed by atoms with E-state index in [1.807, 2.05) is 0 Å². The van der Waals surface area contributed by atoms with E-state index in [-0.39, 0.29) is 5.69 Å². The Labute approximate surface area is 72.5 Å². The first-order chi connectivity index (χ1) is 6.07. The van der Waals surface area contributed by atoms with Crippen LogP contribution in [-0.2, 0) is 6.42 Å². The molecular formula is C6H7N3O4. The highest BCUT2D eigenvalue weighted by Crippen LogP contribution is 2.20. The molecule has 0 aromatic carbocycles. The summed E-state index contributed by atoms with van der Waals surface area (Å²) in [5.41, 5.74) is -0.765. The third kappa shape index (κ3) is 1.48. The molecule has 0 unspecified atom stereocenters. The molecule has 0 atom stereocenters. The number of nitrogens with zero attached hydrogens (tertiary/aromatic N) is 2. The molecule has 1 aromatic heterocycles. The number of nitro groups is 1. The standard InChI is InChI=1S/C6H7N3O4/c1-2-3-5(9(12)13)4(6(10)11)8-7-3/h2H2,1H3,(H,7,8)(H,10,11). The lowest BCUT2D eigenvalue weighted by Crippen LogP contribution is -2.02. The molecule has 0 bridgehead atoms. The number of carboxylic acid groups (broad SMARTS) is 1. The van der Waals surface area contributed by atoms with E-state index in [2.05, 4.69) is 10.2 Å². The first-order valence-corrected chi connectivity index (χ1v) is 3.52. The van der Waals surface area contributed by atoms with E-state index in [1.54, 1.807) is 6.92 Å². The number of aryl methyl sites for hydroxylation is 1. The van der Waals surface area contributed by atoms with Gasteiger partial charge in [-0.2, -0.15) is 5.10 Å². The molecular weight excluding hydrogens is 178 g/mol. The molecule has 1 rings (SSSR count). The molecule has 0 fully saturated rings. The SMILES string of the molecule is CCc1[nH]nc(C(=O)O)c1[N+](=O)[O-]. The Morgan fingerprint density at radius 2 is 2.38 bits per heavy atom. The van der Waals surface area contributed by atoms with E-state index < -0.39 is 22.3 Å². The molecule has 0 spiro atoms. The third-order valence-electron chi connectivity index (χ3n) is 1.55. The zero-order valence-corrected chi connectivity index (χ0v) is 6.77. The van der Waals surface area contributed by atoms with Crippen molar-refractivity contribution in [1.82, 2.24) is 10.2 Å². The number of carboxylic acids is 1. The second kappa shape index (κ2) is 3.21. The normalized spacial score (nSPS) is 9.92. The zero-order valence-electron chi connectivity index (χ0n) is 6.77. The molecule has 0 aliphatic heterocycles. The van der Waals surface area contributed by atoms with Crippen molar-refractivity contribution in [2.45, 2.75) is 13.3 Å². The summed E-state index contributed by atoms with van der Waals surface area (Å²) in [4.78, 5) is 20.2. The maximum Gasteiger partial charge on any atom is 0.363 e. The Bertz CT molecular complexity index is 357. The summed E-state index contributed by atoms with van der Waals surface area (Å²) in [5, 5.41) is 24.6. The molecule has 0 saturated carbocycles. The Hall–Kier alpha value is -1.92. The summed E-state index contributed by atoms with van der Waals surface area (Å²) >= 11 is 0. The number of hydrogen-bond donors (Lipinski definition) is 2. The van der Waals surface area contributed by atoms with Crippen LogP contribution in [0.15, 0.2) is 0 Å². The molecule has 0 radical (unpaired) electrons. The monoisotopic (exact) mass is 185 g/mol. The lowest BCUT2D eigenvalue weighted by atomic mass is 10.2. The van der Waals surface area contributed by atoms with Gasteiger partial charge in [-0.25, -0.2) is 4.79 Å². The van der Waals surface area contributed by atoms with Gasteiger partial charge in [-0.1, -0.05) is 6.92 Å². The summed E-state index contributed by atoms with van der Waals surface area (Å²) in [6.45, 7) is 1.67. The van der Waals surface area contributed by atoms with Gasteiger partial charge < -0.3 is 5.11 Å². The predicted molar refractivity (Wildman–Crippen MR) is 41.6 cm³/mol. The number of hydrogen-bond acceptors (Lipinski definition) is 4. The molecule has 0 amide bonds. The van der Waals surface area contributed by atoms with Crippen molar-refractivity contribution in [2.24, 2.45) is 0 Å². The molecule has 1 heterocycles. The number of aromatic carboxylic acids is 1. The van der Waals surface area contributed by atoms with Gasteiger partial charge in [-0.05, 0) is 6.42 Å². The fourth-order valence-electron chi connectivity index (χ4n) is 0.964. The van der Waals surface area contributed by atoms with Gasteiger partial charge in [0.2, 0.25) is 5.69 Å². The average molecular weight is 185 g/mol. The van der Waals surface area contributed by atoms with Crippen molar-refractivity contribution in [1.29, 1.82) is 0 Å². The molecule has 0 aliphatic rings. The third-order valence-corrected chi connectivity index (χ3v) is 1.55. The van der Waals surface area contributed by atoms with Gasteiger partial charge in [0.1, 0.15) is 5.69 Å². The van der Waals surface area contributed by atoms with Crippen LogP contribution >= 0.6 is 0 Å². The summed E-state index contributed by atoms with van der Waals surface area (Å²) in [5.74, 6) is -1.40. The summed E-state index contributed by atoms with van der Waals surface area (Å²) < 4.78 is 0. The van der Waals surface area contributed by atoms with Crippen molar-refractivity contribution < 1.29 is 14.8 Å². The fourth-order valence-corrected chi connectivity index (χ4v) is 0.964. The second-order valence-corrected chi connectivity index (χ2v) is 2.32. The quantitative estimate of drug-likeness (QED) is 0.528. The topological polar surface area (TPSA) is 109 Å². The first kappa shape index (κ1) is 9.17. The van der Waals surface area contributed by atoms with Crippen LogP contribution < -0.4 is 0 Å². The van der Waals surface area contributed by atoms with E-state index in [9.17, 15) is 14.9 Å². The average Bonchev–Trinajstić information content (AvgIpc) is 2.46. The molecule has 70 valence electrons. The van der Waals surface area contributed by atoms with Gasteiger partial charge in [0.05, 0.1) is 4.92 Å². The van der Waals surface area contributed by atoms with Crippen LogP contribution in [0.1, 0.15) is 23.1 Å². The van der Waals surface area contributed by atoms with Crippen molar-refractivity contribution in [3.05, 3.63) is 21.5 Å². The number of aromatic nitrogens is 2. The number of nitrogens with one attached hydrogen (secondary N) is 1. The highest BCUT2D eigenvalue weighted by molar-refractivity contribution is 5.90. The zero-order chi connectivity index (χ0) is 10.0. The van der Waals surface area contributed by atoms with Crippen molar-refractivity contribution >= 4 is 11.7 Å². The molecule has 0 aliphatic carbocycles. The van der Waals surface area contributed by atoms with Gasteiger partial charge in [0, 0.05) is 0 Å². The van der Waals surface area contributed by atoms with Gasteiger partial charge in [0.15, 0.2) is 0 Å². The number of H-pyrrole nitrogens is 1. The van der Waals surface area contributed by atoms with Crippen LogP contribution in [0.2, 0.25) is 0 Å². The van der Waals surface area contributed by atoms with Gasteiger partial charge in [0.25, 0.3) is 0 Å². The Balaban J connectivity index is 3.30. The fraction of sp³-hybridized carbons (Fsp3) is 0.333. The highest BCUT2D eigenvalue weighted by atomic mass is 16.6. The predicted octanol–water partition coefficient (Wildman–Crippen LogP) is 0.578. The van der Waals surface area contributed by atoms with E-state index in [4.69, 9.17) is 5.11 Å². The smallest absolute Gasteiger partial charge is 0.363 e. The Kier molecular flexibility index (Phi) is 2.27. The minimum Gasteiger partial charge on any atom is -0.476 e. The first-order valence-electron chi connectivity index (χ1n) is 3.52. The Morgan fingerprint density at radius 1 is 1.77 bits per heavy atom. The molecule has 2 N–H and O–H groups in total. The van der Waals surface area contributed by atoms with Gasteiger partial charge >= 0.3 is 11.7 Å². The number of aromatic amines is 1. The second-order valence-electron chi connectivity index (χ2n) is 2.32. The number of carbonyl (C=O) groups is 1. The van der Waals surface area contributed by atoms with Gasteiger partial charge in [-0.15, -0.1) is 0 Å². The highest BCUT2D eigenvalue weighted by Gasteiger charge is 2.27. The van der Waals surface area contributed by atoms with Crippen LogP contribution in [0.5, 0.6) is 0 Å². The lowest BCUT2D eigenvalue weighted by molar-refractivity contribution is -0.385. The summed E-state index contributed by atoms with van der Waals surface area (Å²) in [6.07, 6.45) is 0.344. The maximum absolute atomic E-state index is 10.5. The van der Waals surface area contributed by atoms with E-state index >= 15 is 0 Å². The summed E-state index contributed by atoms with van der Waals surface area (Å²) in [6, 6.07) is 0. The van der Waals surface area contributed by atoms with E-state index in [1.165, 1.54) is 0 Å². The van der Waals surface area contributed by atoms with Gasteiger partial charge in [-0.3, -0.25) is 15.2 Å². The van der Waals surface area contributed by atoms with Crippen LogP contribution in [-0.4, -0.2) is 26.2 Å². The molecule has 7 heteroatoms. The molecule has 0 saturated heterocycles. The van der Waals surface area contributed by atoms with Crippen LogP contribution in [0, 0.1) is 10.1 Å². The van der Waals surface area contributed by atoms with E-state index in [0.717, 1.165) is 0 Å². The van der Waals surface area contributed by atoms with Crippen LogP contribution in [0.3, 0.4) is 0 Å². The molecule has 13 heavy (non-hydrogen) atoms. The minimum absolute atomic E-state index is 0.224. The Morgan fingerprint density at radius 3 is 2.77 bits per heavy atom. The minimum atomic E-state index is -1.40. The number of rotatable bonds is 3. The molecule has 7 nitrogen and oxygen atoms in total. The van der Waals surface area contributed by atoms with Crippen LogP contribution in [0.25, 0.3) is 0 Å². The van der Waals surface area contributed by atoms with Crippen LogP contribution in [0.4, 0.5) is 5.69 Å². The molecule has 1 aromatic rings. The van der Waals surface area contributed by atoms with Crippen molar-refractivity contribution in [2.75, 3.05) is 0 Å². The lowest BCUT2D eigenvalue weighted by Gasteiger charge is -1.90. The maximum atomic E-state index is 10.5. The summed E-state index contributed by atoms with van der Waals surface area (Å²) in [7, 11) is 0. The van der Waals surface area contributed by atoms with Crippen molar-refractivity contribution in [3.8, 4) is 0 Å².